The molecule has 8 nitrogen and oxygen atoms in total. The highest BCUT2D eigenvalue weighted by atomic mass is 35.5. The largest absolute Gasteiger partial charge is 0.480 e. The van der Waals surface area contributed by atoms with E-state index >= 15 is 0 Å². The average molecular weight is 419 g/mol. The van der Waals surface area contributed by atoms with Gasteiger partial charge in [0.1, 0.15) is 0 Å². The minimum absolute atomic E-state index is 0. The van der Waals surface area contributed by atoms with Gasteiger partial charge in [-0.05, 0) is 51.6 Å². The lowest BCUT2D eigenvalue weighted by atomic mass is 9.86. The Morgan fingerprint density at radius 1 is 1.07 bits per heavy atom. The molecule has 3 N–H and O–H groups in total. The number of carbonyl (C=O) groups excluding carboxylic acids is 2. The van der Waals surface area contributed by atoms with Crippen LogP contribution < -0.4 is 10.6 Å². The molecule has 0 radical (unpaired) electrons. The zero-order valence-corrected chi connectivity index (χ0v) is 17.8. The van der Waals surface area contributed by atoms with Crippen molar-refractivity contribution in [3.05, 3.63) is 0 Å². The van der Waals surface area contributed by atoms with Gasteiger partial charge in [0, 0.05) is 18.6 Å². The summed E-state index contributed by atoms with van der Waals surface area (Å²) in [6.07, 6.45) is 7.06. The molecule has 1 aliphatic heterocycles. The van der Waals surface area contributed by atoms with Crippen molar-refractivity contribution in [3.8, 4) is 0 Å². The number of hydrogen-bond acceptors (Lipinski definition) is 5. The van der Waals surface area contributed by atoms with Gasteiger partial charge in [-0.1, -0.05) is 19.8 Å². The summed E-state index contributed by atoms with van der Waals surface area (Å²) >= 11 is 0. The predicted molar refractivity (Wildman–Crippen MR) is 110 cm³/mol. The van der Waals surface area contributed by atoms with E-state index in [1.165, 1.54) is 6.42 Å². The van der Waals surface area contributed by atoms with E-state index in [0.717, 1.165) is 51.6 Å². The summed E-state index contributed by atoms with van der Waals surface area (Å²) in [7, 11) is 1.83. The fraction of sp³-hybridized carbons (Fsp3) is 0.842. The second kappa shape index (κ2) is 12.2. The molecule has 2 fully saturated rings. The molecule has 0 aromatic heterocycles. The van der Waals surface area contributed by atoms with Gasteiger partial charge in [0.25, 0.3) is 0 Å². The zero-order valence-electron chi connectivity index (χ0n) is 17.0. The standard InChI is InChI=1S/C19H34N4O4.ClH/c1-14-6-3-4-8-16(14)20-19(27)21-17(24)12-23-10-5-7-15(9-11-23)22(2)13-18(25)26;/h14-16H,3-13H2,1-2H3,(H,25,26)(H2,20,21,24,27);1H. The van der Waals surface area contributed by atoms with Crippen molar-refractivity contribution in [1.82, 2.24) is 20.4 Å². The van der Waals surface area contributed by atoms with Crippen molar-refractivity contribution >= 4 is 30.3 Å². The van der Waals surface area contributed by atoms with Crippen LogP contribution in [-0.4, -0.2) is 78.1 Å². The van der Waals surface area contributed by atoms with Crippen LogP contribution in [-0.2, 0) is 9.59 Å². The highest BCUT2D eigenvalue weighted by Gasteiger charge is 2.25. The number of nitrogens with one attached hydrogen (secondary N) is 2. The SMILES string of the molecule is CC1CCCCC1NC(=O)NC(=O)CN1CCCC(N(C)CC(=O)O)CC1.Cl. The number of carboxylic acid groups (broad SMARTS) is 1. The molecule has 28 heavy (non-hydrogen) atoms. The summed E-state index contributed by atoms with van der Waals surface area (Å²) in [4.78, 5) is 39.1. The molecular weight excluding hydrogens is 384 g/mol. The van der Waals surface area contributed by atoms with Crippen molar-refractivity contribution in [3.63, 3.8) is 0 Å². The van der Waals surface area contributed by atoms with E-state index in [1.807, 2.05) is 16.8 Å². The molecule has 1 aliphatic carbocycles. The van der Waals surface area contributed by atoms with Crippen molar-refractivity contribution in [2.45, 2.75) is 64.0 Å². The number of likely N-dealkylation sites (N-methyl/N-ethyl adjacent to an activating group) is 1. The molecule has 0 spiro atoms. The third-order valence-electron chi connectivity index (χ3n) is 5.85. The maximum Gasteiger partial charge on any atom is 0.321 e. The number of likely N-dealkylation sites (tertiary alicyclic amines) is 1. The maximum atomic E-state index is 12.2. The molecule has 3 unspecified atom stereocenters. The van der Waals surface area contributed by atoms with Gasteiger partial charge in [0.15, 0.2) is 0 Å². The Kier molecular flexibility index (Phi) is 10.8. The number of nitrogens with zero attached hydrogens (tertiary/aromatic N) is 2. The van der Waals surface area contributed by atoms with Gasteiger partial charge in [0.05, 0.1) is 13.1 Å². The fourth-order valence-electron chi connectivity index (χ4n) is 4.18. The minimum Gasteiger partial charge on any atom is -0.480 e. The number of hydrogen-bond donors (Lipinski definition) is 3. The molecule has 3 atom stereocenters. The summed E-state index contributed by atoms with van der Waals surface area (Å²) in [5, 5.41) is 14.3. The molecule has 1 heterocycles. The highest BCUT2D eigenvalue weighted by Crippen LogP contribution is 2.23. The maximum absolute atomic E-state index is 12.2. The summed E-state index contributed by atoms with van der Waals surface area (Å²) in [5.41, 5.74) is 0. The molecule has 0 aromatic carbocycles. The van der Waals surface area contributed by atoms with Crippen LogP contribution in [0.5, 0.6) is 0 Å². The van der Waals surface area contributed by atoms with Gasteiger partial charge in [-0.15, -0.1) is 12.4 Å². The highest BCUT2D eigenvalue weighted by molar-refractivity contribution is 5.95. The van der Waals surface area contributed by atoms with Crippen LogP contribution in [0.25, 0.3) is 0 Å². The topological polar surface area (TPSA) is 102 Å². The third-order valence-corrected chi connectivity index (χ3v) is 5.85. The summed E-state index contributed by atoms with van der Waals surface area (Å²) in [6, 6.07) is -0.0341. The molecule has 9 heteroatoms. The van der Waals surface area contributed by atoms with E-state index < -0.39 is 12.0 Å². The number of carboxylic acids is 1. The van der Waals surface area contributed by atoms with Gasteiger partial charge in [-0.2, -0.15) is 0 Å². The van der Waals surface area contributed by atoms with E-state index in [0.29, 0.717) is 5.92 Å². The lowest BCUT2D eigenvalue weighted by Crippen LogP contribution is -2.50. The van der Waals surface area contributed by atoms with E-state index in [1.54, 1.807) is 0 Å². The monoisotopic (exact) mass is 418 g/mol. The molecule has 162 valence electrons. The number of urea groups is 1. The Bertz CT molecular complexity index is 534. The number of aliphatic carboxylic acids is 1. The molecule has 0 aromatic rings. The summed E-state index contributed by atoms with van der Waals surface area (Å²) in [6.45, 7) is 3.88. The first-order chi connectivity index (χ1) is 12.8. The van der Waals surface area contributed by atoms with Crippen LogP contribution in [0.1, 0.15) is 51.9 Å². The van der Waals surface area contributed by atoms with Crippen molar-refractivity contribution in [1.29, 1.82) is 0 Å². The number of rotatable bonds is 6. The third kappa shape index (κ3) is 8.32. The molecular formula is C19H35ClN4O4. The van der Waals surface area contributed by atoms with E-state index in [4.69, 9.17) is 5.11 Å². The Labute approximate surface area is 173 Å². The van der Waals surface area contributed by atoms with Gasteiger partial charge in [0.2, 0.25) is 5.91 Å². The molecule has 3 amide bonds. The Balaban J connectivity index is 0.00000392. The van der Waals surface area contributed by atoms with Crippen LogP contribution in [0.15, 0.2) is 0 Å². The first-order valence-electron chi connectivity index (χ1n) is 10.1. The Hall–Kier alpha value is -1.38. The minimum atomic E-state index is -0.823. The average Bonchev–Trinajstić information content (AvgIpc) is 2.82. The molecule has 2 aliphatic rings. The second-order valence-electron chi connectivity index (χ2n) is 8.06. The van der Waals surface area contributed by atoms with E-state index in [-0.39, 0.29) is 43.5 Å². The van der Waals surface area contributed by atoms with Crippen LogP contribution in [0.2, 0.25) is 0 Å². The normalized spacial score (nSPS) is 26.0. The van der Waals surface area contributed by atoms with Gasteiger partial charge in [-0.25, -0.2) is 4.79 Å². The number of carbonyl (C=O) groups is 3. The number of halogens is 1. The van der Waals surface area contributed by atoms with Crippen LogP contribution in [0.3, 0.4) is 0 Å². The van der Waals surface area contributed by atoms with Gasteiger partial charge >= 0.3 is 12.0 Å². The van der Waals surface area contributed by atoms with Crippen LogP contribution >= 0.6 is 12.4 Å². The Morgan fingerprint density at radius 2 is 1.79 bits per heavy atom. The first-order valence-corrected chi connectivity index (χ1v) is 10.1. The first kappa shape index (κ1) is 24.7. The Morgan fingerprint density at radius 3 is 2.46 bits per heavy atom. The van der Waals surface area contributed by atoms with Crippen molar-refractivity contribution in [2.75, 3.05) is 33.2 Å². The smallest absolute Gasteiger partial charge is 0.321 e. The summed E-state index contributed by atoms with van der Waals surface area (Å²) < 4.78 is 0. The zero-order chi connectivity index (χ0) is 19.8. The lowest BCUT2D eigenvalue weighted by molar-refractivity contribution is -0.138. The van der Waals surface area contributed by atoms with Gasteiger partial charge in [-0.3, -0.25) is 24.7 Å². The van der Waals surface area contributed by atoms with Crippen LogP contribution in [0, 0.1) is 5.92 Å². The number of amides is 3. The molecule has 0 bridgehead atoms. The summed E-state index contributed by atoms with van der Waals surface area (Å²) in [5.74, 6) is -0.658. The second-order valence-corrected chi connectivity index (χ2v) is 8.06. The van der Waals surface area contributed by atoms with Gasteiger partial charge < -0.3 is 10.4 Å². The predicted octanol–water partition coefficient (Wildman–Crippen LogP) is 1.68. The molecule has 1 saturated carbocycles. The van der Waals surface area contributed by atoms with E-state index in [2.05, 4.69) is 17.6 Å². The molecule has 2 rings (SSSR count). The van der Waals surface area contributed by atoms with Crippen molar-refractivity contribution in [2.24, 2.45) is 5.92 Å². The van der Waals surface area contributed by atoms with Crippen LogP contribution in [0.4, 0.5) is 4.79 Å². The van der Waals surface area contributed by atoms with Crippen molar-refractivity contribution < 1.29 is 19.5 Å². The molecule has 1 saturated heterocycles. The number of imide groups is 1. The fourth-order valence-corrected chi connectivity index (χ4v) is 4.18. The lowest BCUT2D eigenvalue weighted by Gasteiger charge is -2.29. The van der Waals surface area contributed by atoms with E-state index in [9.17, 15) is 14.4 Å². The quantitative estimate of drug-likeness (QED) is 0.606.